The maximum Gasteiger partial charge on any atom is 0.271 e. The van der Waals surface area contributed by atoms with Gasteiger partial charge in [0.15, 0.2) is 0 Å². The first-order valence-electron chi connectivity index (χ1n) is 6.80. The molecule has 0 aliphatic heterocycles. The van der Waals surface area contributed by atoms with E-state index in [-0.39, 0.29) is 5.91 Å². The van der Waals surface area contributed by atoms with Crippen LogP contribution in [0.3, 0.4) is 0 Å². The van der Waals surface area contributed by atoms with Gasteiger partial charge in [0.05, 0.1) is 18.4 Å². The Morgan fingerprint density at radius 3 is 2.77 bits per heavy atom. The number of thiazole rings is 1. The first-order valence-corrected chi connectivity index (χ1v) is 7.61. The van der Waals surface area contributed by atoms with Gasteiger partial charge in [0.25, 0.3) is 5.91 Å². The fraction of sp³-hybridized carbons (Fsp3) is 0.125. The molecule has 1 aromatic carbocycles. The van der Waals surface area contributed by atoms with Gasteiger partial charge in [0.1, 0.15) is 10.7 Å². The summed E-state index contributed by atoms with van der Waals surface area (Å²) in [5.74, 6) is -0.234. The molecule has 22 heavy (non-hydrogen) atoms. The van der Waals surface area contributed by atoms with E-state index in [1.54, 1.807) is 11.3 Å². The predicted octanol–water partition coefficient (Wildman–Crippen LogP) is 2.84. The van der Waals surface area contributed by atoms with Crippen LogP contribution in [0.25, 0.3) is 10.6 Å². The largest absolute Gasteiger partial charge is 0.346 e. The van der Waals surface area contributed by atoms with Gasteiger partial charge >= 0.3 is 0 Å². The van der Waals surface area contributed by atoms with Crippen molar-refractivity contribution in [2.24, 2.45) is 0 Å². The van der Waals surface area contributed by atoms with Gasteiger partial charge in [-0.3, -0.25) is 9.78 Å². The van der Waals surface area contributed by atoms with E-state index in [1.165, 1.54) is 18.6 Å². The summed E-state index contributed by atoms with van der Waals surface area (Å²) in [6, 6.07) is 10.0. The molecule has 0 bridgehead atoms. The summed E-state index contributed by atoms with van der Waals surface area (Å²) in [5, 5.41) is 3.81. The molecule has 0 saturated heterocycles. The van der Waals surface area contributed by atoms with E-state index < -0.39 is 0 Å². The van der Waals surface area contributed by atoms with Crippen molar-refractivity contribution in [2.45, 2.75) is 13.5 Å². The van der Waals surface area contributed by atoms with Crippen molar-refractivity contribution >= 4 is 17.2 Å². The summed E-state index contributed by atoms with van der Waals surface area (Å²) < 4.78 is 0. The Hall–Kier alpha value is -2.60. The maximum absolute atomic E-state index is 12.0. The summed E-state index contributed by atoms with van der Waals surface area (Å²) in [7, 11) is 0. The molecule has 2 aromatic heterocycles. The van der Waals surface area contributed by atoms with Crippen LogP contribution < -0.4 is 5.32 Å². The zero-order valence-electron chi connectivity index (χ0n) is 12.0. The summed E-state index contributed by atoms with van der Waals surface area (Å²) in [5.41, 5.74) is 2.33. The number of nitrogens with zero attached hydrogens (tertiary/aromatic N) is 3. The quantitative estimate of drug-likeness (QED) is 0.804. The molecular weight excluding hydrogens is 296 g/mol. The highest BCUT2D eigenvalue weighted by Crippen LogP contribution is 2.27. The second kappa shape index (κ2) is 6.44. The van der Waals surface area contributed by atoms with Gasteiger partial charge in [-0.15, -0.1) is 11.3 Å². The molecule has 6 heteroatoms. The Bertz CT molecular complexity index is 771. The summed E-state index contributed by atoms with van der Waals surface area (Å²) in [4.78, 5) is 25.5. The van der Waals surface area contributed by atoms with Crippen LogP contribution in [0.5, 0.6) is 0 Å². The van der Waals surface area contributed by atoms with Gasteiger partial charge in [0.2, 0.25) is 0 Å². The van der Waals surface area contributed by atoms with E-state index in [1.807, 2.05) is 37.3 Å². The molecular formula is C16H14N4OS. The summed E-state index contributed by atoms with van der Waals surface area (Å²) >= 11 is 1.59. The van der Waals surface area contributed by atoms with E-state index >= 15 is 0 Å². The van der Waals surface area contributed by atoms with Crippen molar-refractivity contribution in [1.82, 2.24) is 20.3 Å². The molecule has 0 aliphatic carbocycles. The Morgan fingerprint density at radius 2 is 2.05 bits per heavy atom. The topological polar surface area (TPSA) is 67.8 Å². The number of aryl methyl sites for hydroxylation is 1. The lowest BCUT2D eigenvalue weighted by Crippen LogP contribution is -2.23. The molecule has 1 N–H and O–H groups in total. The molecule has 3 rings (SSSR count). The fourth-order valence-corrected chi connectivity index (χ4v) is 2.97. The monoisotopic (exact) mass is 310 g/mol. The number of nitrogens with one attached hydrogen (secondary N) is 1. The lowest BCUT2D eigenvalue weighted by atomic mass is 10.2. The van der Waals surface area contributed by atoms with Crippen LogP contribution in [0.2, 0.25) is 0 Å². The van der Waals surface area contributed by atoms with Crippen LogP contribution in [0.1, 0.15) is 21.1 Å². The smallest absolute Gasteiger partial charge is 0.271 e. The van der Waals surface area contributed by atoms with Gasteiger partial charge in [0, 0.05) is 22.8 Å². The van der Waals surface area contributed by atoms with Gasteiger partial charge in [-0.2, -0.15) is 0 Å². The Balaban J connectivity index is 1.71. The third kappa shape index (κ3) is 3.17. The normalized spacial score (nSPS) is 10.4. The standard InChI is InChI=1S/C16H14N4OS/c1-11-14(10-19-15(21)13-9-17-7-8-18-13)22-16(20-11)12-5-3-2-4-6-12/h2-9H,10H2,1H3,(H,19,21). The second-order valence-electron chi connectivity index (χ2n) is 4.67. The molecule has 1 amide bonds. The molecule has 0 atom stereocenters. The van der Waals surface area contributed by atoms with Crippen molar-refractivity contribution < 1.29 is 4.79 Å². The van der Waals surface area contributed by atoms with Crippen molar-refractivity contribution in [3.8, 4) is 10.6 Å². The van der Waals surface area contributed by atoms with Gasteiger partial charge in [-0.05, 0) is 6.92 Å². The zero-order valence-corrected chi connectivity index (χ0v) is 12.8. The van der Waals surface area contributed by atoms with Gasteiger partial charge in [-0.1, -0.05) is 30.3 Å². The molecule has 0 unspecified atom stereocenters. The number of aromatic nitrogens is 3. The van der Waals surface area contributed by atoms with E-state index in [0.717, 1.165) is 21.1 Å². The Labute approximate surface area is 132 Å². The molecule has 0 spiro atoms. The number of hydrogen-bond acceptors (Lipinski definition) is 5. The van der Waals surface area contributed by atoms with Crippen LogP contribution in [0, 0.1) is 6.92 Å². The highest BCUT2D eigenvalue weighted by atomic mass is 32.1. The predicted molar refractivity (Wildman–Crippen MR) is 85.5 cm³/mol. The highest BCUT2D eigenvalue weighted by molar-refractivity contribution is 7.15. The number of rotatable bonds is 4. The first-order chi connectivity index (χ1) is 10.7. The lowest BCUT2D eigenvalue weighted by Gasteiger charge is -2.02. The molecule has 2 heterocycles. The molecule has 5 nitrogen and oxygen atoms in total. The maximum atomic E-state index is 12.0. The van der Waals surface area contributed by atoms with E-state index in [4.69, 9.17) is 0 Å². The number of carbonyl (C=O) groups excluding carboxylic acids is 1. The summed E-state index contributed by atoms with van der Waals surface area (Å²) in [6.07, 6.45) is 4.49. The third-order valence-electron chi connectivity index (χ3n) is 3.12. The minimum absolute atomic E-state index is 0.234. The highest BCUT2D eigenvalue weighted by Gasteiger charge is 2.12. The van der Waals surface area contributed by atoms with Crippen LogP contribution in [0.15, 0.2) is 48.9 Å². The molecule has 0 aliphatic rings. The van der Waals surface area contributed by atoms with Crippen LogP contribution in [-0.2, 0) is 6.54 Å². The average molecular weight is 310 g/mol. The molecule has 0 radical (unpaired) electrons. The number of carbonyl (C=O) groups is 1. The van der Waals surface area contributed by atoms with Crippen molar-refractivity contribution in [1.29, 1.82) is 0 Å². The zero-order chi connectivity index (χ0) is 15.4. The van der Waals surface area contributed by atoms with Gasteiger partial charge in [-0.25, -0.2) is 9.97 Å². The fourth-order valence-electron chi connectivity index (χ4n) is 1.96. The summed E-state index contributed by atoms with van der Waals surface area (Å²) in [6.45, 7) is 2.39. The van der Waals surface area contributed by atoms with Crippen LogP contribution in [-0.4, -0.2) is 20.9 Å². The van der Waals surface area contributed by atoms with Crippen molar-refractivity contribution in [3.63, 3.8) is 0 Å². The van der Waals surface area contributed by atoms with E-state index in [9.17, 15) is 4.79 Å². The van der Waals surface area contributed by atoms with E-state index in [2.05, 4.69) is 20.3 Å². The van der Waals surface area contributed by atoms with Crippen molar-refractivity contribution in [3.05, 3.63) is 65.2 Å². The molecule has 0 saturated carbocycles. The average Bonchev–Trinajstić information content (AvgIpc) is 2.95. The Kier molecular flexibility index (Phi) is 4.20. The SMILES string of the molecule is Cc1nc(-c2ccccc2)sc1CNC(=O)c1cnccn1. The minimum Gasteiger partial charge on any atom is -0.346 e. The molecule has 0 fully saturated rings. The number of amides is 1. The number of hydrogen-bond donors (Lipinski definition) is 1. The molecule has 3 aromatic rings. The second-order valence-corrected chi connectivity index (χ2v) is 5.75. The third-order valence-corrected chi connectivity index (χ3v) is 4.33. The molecule has 110 valence electrons. The minimum atomic E-state index is -0.234. The Morgan fingerprint density at radius 1 is 1.23 bits per heavy atom. The van der Waals surface area contributed by atoms with Crippen LogP contribution >= 0.6 is 11.3 Å². The number of benzene rings is 1. The van der Waals surface area contributed by atoms with Gasteiger partial charge < -0.3 is 5.32 Å². The van der Waals surface area contributed by atoms with Crippen molar-refractivity contribution in [2.75, 3.05) is 0 Å². The lowest BCUT2D eigenvalue weighted by molar-refractivity contribution is 0.0946. The van der Waals surface area contributed by atoms with E-state index in [0.29, 0.717) is 12.2 Å². The van der Waals surface area contributed by atoms with Crippen LogP contribution in [0.4, 0.5) is 0 Å². The first kappa shape index (κ1) is 14.3.